The molecule has 86 valence electrons. The van der Waals surface area contributed by atoms with Gasteiger partial charge in [-0.3, -0.25) is 14.6 Å². The molecule has 0 aromatic heterocycles. The fraction of sp³-hybridized carbons (Fsp3) is 0.818. The topological polar surface area (TPSA) is 40.6 Å². The van der Waals surface area contributed by atoms with Crippen molar-refractivity contribution in [1.29, 1.82) is 0 Å². The summed E-state index contributed by atoms with van der Waals surface area (Å²) >= 11 is 0. The van der Waals surface area contributed by atoms with Crippen LogP contribution in [0.3, 0.4) is 0 Å². The van der Waals surface area contributed by atoms with Gasteiger partial charge in [0.1, 0.15) is 5.78 Å². The van der Waals surface area contributed by atoms with Gasteiger partial charge >= 0.3 is 0 Å². The second kappa shape index (κ2) is 4.75. The molecular weight excluding hydrogens is 192 g/mol. The monoisotopic (exact) mass is 212 g/mol. The van der Waals surface area contributed by atoms with Gasteiger partial charge in [0.25, 0.3) is 0 Å². The fourth-order valence-electron chi connectivity index (χ4n) is 1.98. The molecule has 1 aliphatic heterocycles. The molecule has 0 bridgehead atoms. The smallest absolute Gasteiger partial charge is 0.238 e. The Morgan fingerprint density at radius 3 is 2.53 bits per heavy atom. The van der Waals surface area contributed by atoms with Gasteiger partial charge in [0.15, 0.2) is 0 Å². The summed E-state index contributed by atoms with van der Waals surface area (Å²) in [5, 5.41) is 3.68. The minimum atomic E-state index is 0.129. The number of Topliss-reactive ketones (excluding diaryl/α,β-unsaturated/α-hetero) is 1. The average Bonchev–Trinajstić information content (AvgIpc) is 2.39. The molecule has 0 radical (unpaired) electrons. The number of nitrogens with zero attached hydrogens (tertiary/aromatic N) is 2. The fourth-order valence-corrected chi connectivity index (χ4v) is 1.98. The first kappa shape index (κ1) is 12.2. The van der Waals surface area contributed by atoms with Gasteiger partial charge in [-0.25, -0.2) is 5.01 Å². The Morgan fingerprint density at radius 2 is 2.13 bits per heavy atom. The maximum absolute atomic E-state index is 11.7. The van der Waals surface area contributed by atoms with Gasteiger partial charge in [-0.05, 0) is 12.8 Å². The number of hydrogen-bond donors (Lipinski definition) is 0. The summed E-state index contributed by atoms with van der Waals surface area (Å²) in [6.07, 6.45) is 1.02. The largest absolute Gasteiger partial charge is 0.300 e. The molecule has 1 atom stereocenters. The van der Waals surface area contributed by atoms with Crippen LogP contribution in [0.1, 0.15) is 33.6 Å². The molecular formula is C11H20N2O2. The predicted octanol–water partition coefficient (Wildman–Crippen LogP) is 1.07. The highest BCUT2D eigenvalue weighted by atomic mass is 16.2. The quantitative estimate of drug-likeness (QED) is 0.700. The van der Waals surface area contributed by atoms with Crippen molar-refractivity contribution in [3.8, 4) is 0 Å². The first-order chi connectivity index (χ1) is 6.93. The van der Waals surface area contributed by atoms with E-state index in [0.717, 1.165) is 0 Å². The molecule has 1 rings (SSSR count). The van der Waals surface area contributed by atoms with Crippen molar-refractivity contribution in [2.24, 2.45) is 5.92 Å². The highest BCUT2D eigenvalue weighted by molar-refractivity contribution is 5.80. The molecule has 4 heteroatoms. The van der Waals surface area contributed by atoms with Gasteiger partial charge in [-0.2, -0.15) is 0 Å². The molecule has 0 saturated carbocycles. The summed E-state index contributed by atoms with van der Waals surface area (Å²) < 4.78 is 0. The summed E-state index contributed by atoms with van der Waals surface area (Å²) in [6.45, 7) is 6.31. The highest BCUT2D eigenvalue weighted by Gasteiger charge is 2.36. The average molecular weight is 212 g/mol. The van der Waals surface area contributed by atoms with Crippen molar-refractivity contribution < 1.29 is 9.59 Å². The van der Waals surface area contributed by atoms with Crippen molar-refractivity contribution in [3.05, 3.63) is 0 Å². The number of amides is 1. The van der Waals surface area contributed by atoms with E-state index >= 15 is 0 Å². The maximum Gasteiger partial charge on any atom is 0.238 e. The predicted molar refractivity (Wildman–Crippen MR) is 58.0 cm³/mol. The molecule has 1 aliphatic rings. The molecule has 0 aromatic rings. The molecule has 1 saturated heterocycles. The zero-order valence-corrected chi connectivity index (χ0v) is 9.99. The Bertz CT molecular complexity index is 263. The molecule has 0 N–H and O–H groups in total. The molecule has 0 spiro atoms. The Balaban J connectivity index is 2.58. The van der Waals surface area contributed by atoms with Gasteiger partial charge in [0.2, 0.25) is 5.91 Å². The molecule has 4 nitrogen and oxygen atoms in total. The standard InChI is InChI=1S/C11H20N2O2/c1-8(2)10-7-11(15)13(12(10)4)6-5-9(3)14/h8,10H,5-7H2,1-4H3. The molecule has 1 heterocycles. The van der Waals surface area contributed by atoms with Crippen molar-refractivity contribution in [2.75, 3.05) is 13.6 Å². The Hall–Kier alpha value is -0.900. The summed E-state index contributed by atoms with van der Waals surface area (Å²) in [5.41, 5.74) is 0. The van der Waals surface area contributed by atoms with Crippen molar-refractivity contribution in [3.63, 3.8) is 0 Å². The lowest BCUT2D eigenvalue weighted by Gasteiger charge is -2.29. The number of rotatable bonds is 4. The van der Waals surface area contributed by atoms with Crippen LogP contribution in [0.5, 0.6) is 0 Å². The van der Waals surface area contributed by atoms with Crippen LogP contribution in [0.4, 0.5) is 0 Å². The van der Waals surface area contributed by atoms with E-state index in [4.69, 9.17) is 0 Å². The Kier molecular flexibility index (Phi) is 3.85. The van der Waals surface area contributed by atoms with Gasteiger partial charge in [-0.1, -0.05) is 13.8 Å². The zero-order valence-electron chi connectivity index (χ0n) is 9.99. The lowest BCUT2D eigenvalue weighted by Crippen LogP contribution is -2.42. The summed E-state index contributed by atoms with van der Waals surface area (Å²) in [6, 6.07) is 0.282. The summed E-state index contributed by atoms with van der Waals surface area (Å²) in [7, 11) is 1.93. The SMILES string of the molecule is CC(=O)CCN1C(=O)CC(C(C)C)N1C. The van der Waals surface area contributed by atoms with E-state index in [9.17, 15) is 9.59 Å². The highest BCUT2D eigenvalue weighted by Crippen LogP contribution is 2.23. The van der Waals surface area contributed by atoms with Crippen LogP contribution in [-0.2, 0) is 9.59 Å². The second-order valence-electron chi connectivity index (χ2n) is 4.56. The molecule has 15 heavy (non-hydrogen) atoms. The van der Waals surface area contributed by atoms with Crippen LogP contribution >= 0.6 is 0 Å². The van der Waals surface area contributed by atoms with Crippen LogP contribution < -0.4 is 0 Å². The van der Waals surface area contributed by atoms with Gasteiger partial charge in [0.05, 0.1) is 0 Å². The Morgan fingerprint density at radius 1 is 1.53 bits per heavy atom. The minimum Gasteiger partial charge on any atom is -0.300 e. The Labute approximate surface area is 91.2 Å². The lowest BCUT2D eigenvalue weighted by atomic mass is 10.0. The van der Waals surface area contributed by atoms with Crippen molar-refractivity contribution in [1.82, 2.24) is 10.0 Å². The van der Waals surface area contributed by atoms with Crippen molar-refractivity contribution in [2.45, 2.75) is 39.7 Å². The van der Waals surface area contributed by atoms with E-state index in [0.29, 0.717) is 25.3 Å². The van der Waals surface area contributed by atoms with E-state index in [1.54, 1.807) is 11.9 Å². The third-order valence-electron chi connectivity index (χ3n) is 2.98. The molecule has 1 fully saturated rings. The van der Waals surface area contributed by atoms with E-state index in [1.165, 1.54) is 0 Å². The first-order valence-corrected chi connectivity index (χ1v) is 5.46. The molecule has 0 aliphatic carbocycles. The first-order valence-electron chi connectivity index (χ1n) is 5.46. The number of carbonyl (C=O) groups excluding carboxylic acids is 2. The van der Waals surface area contributed by atoms with E-state index in [-0.39, 0.29) is 17.7 Å². The third-order valence-corrected chi connectivity index (χ3v) is 2.98. The zero-order chi connectivity index (χ0) is 11.6. The number of ketones is 1. The van der Waals surface area contributed by atoms with Crippen molar-refractivity contribution >= 4 is 11.7 Å². The van der Waals surface area contributed by atoms with E-state index in [1.807, 2.05) is 12.1 Å². The van der Waals surface area contributed by atoms with Crippen LogP contribution in [0.2, 0.25) is 0 Å². The second-order valence-corrected chi connectivity index (χ2v) is 4.56. The number of carbonyl (C=O) groups is 2. The van der Waals surface area contributed by atoms with E-state index in [2.05, 4.69) is 13.8 Å². The number of hydrazine groups is 1. The third kappa shape index (κ3) is 2.78. The normalized spacial score (nSPS) is 22.9. The maximum atomic E-state index is 11.7. The minimum absolute atomic E-state index is 0.129. The van der Waals surface area contributed by atoms with Crippen LogP contribution in [0.15, 0.2) is 0 Å². The summed E-state index contributed by atoms with van der Waals surface area (Å²) in [5.74, 6) is 0.725. The van der Waals surface area contributed by atoms with E-state index < -0.39 is 0 Å². The molecule has 1 unspecified atom stereocenters. The lowest BCUT2D eigenvalue weighted by molar-refractivity contribution is -0.138. The molecule has 1 amide bonds. The van der Waals surface area contributed by atoms with Crippen LogP contribution in [-0.4, -0.2) is 41.3 Å². The van der Waals surface area contributed by atoms with Crippen LogP contribution in [0.25, 0.3) is 0 Å². The van der Waals surface area contributed by atoms with Gasteiger partial charge in [0, 0.05) is 32.5 Å². The van der Waals surface area contributed by atoms with Gasteiger partial charge in [-0.15, -0.1) is 0 Å². The number of hydrogen-bond acceptors (Lipinski definition) is 3. The summed E-state index contributed by atoms with van der Waals surface area (Å²) in [4.78, 5) is 22.6. The van der Waals surface area contributed by atoms with Gasteiger partial charge < -0.3 is 0 Å². The van der Waals surface area contributed by atoms with Crippen LogP contribution in [0, 0.1) is 5.92 Å². The molecule has 0 aromatic carbocycles.